The minimum atomic E-state index is -0.102. The molecule has 0 radical (unpaired) electrons. The number of anilines is 1. The van der Waals surface area contributed by atoms with Gasteiger partial charge < -0.3 is 15.6 Å². The normalized spacial score (nSPS) is 25.8. The smallest absolute Gasteiger partial charge is 0.252 e. The van der Waals surface area contributed by atoms with Gasteiger partial charge in [-0.1, -0.05) is 6.92 Å². The molecule has 1 aromatic heterocycles. The van der Waals surface area contributed by atoms with E-state index in [2.05, 4.69) is 21.8 Å². The van der Waals surface area contributed by atoms with E-state index < -0.39 is 0 Å². The highest BCUT2D eigenvalue weighted by atomic mass is 16.1. The van der Waals surface area contributed by atoms with E-state index in [4.69, 9.17) is 5.73 Å². The second-order valence-corrected chi connectivity index (χ2v) is 4.56. The summed E-state index contributed by atoms with van der Waals surface area (Å²) in [6.45, 7) is 5.65. The van der Waals surface area contributed by atoms with Gasteiger partial charge in [0.1, 0.15) is 11.6 Å². The van der Waals surface area contributed by atoms with Crippen LogP contribution in [0.25, 0.3) is 0 Å². The van der Waals surface area contributed by atoms with Crippen LogP contribution in [0.4, 0.5) is 5.82 Å². The molecule has 2 unspecified atom stereocenters. The molecule has 1 fully saturated rings. The van der Waals surface area contributed by atoms with E-state index in [-0.39, 0.29) is 11.6 Å². The summed E-state index contributed by atoms with van der Waals surface area (Å²) in [5.41, 5.74) is 5.92. The molecule has 1 aromatic rings. The van der Waals surface area contributed by atoms with Crippen molar-refractivity contribution in [2.45, 2.75) is 26.3 Å². The molecule has 2 rings (SSSR count). The second-order valence-electron chi connectivity index (χ2n) is 4.56. The summed E-state index contributed by atoms with van der Waals surface area (Å²) in [4.78, 5) is 20.4. The summed E-state index contributed by atoms with van der Waals surface area (Å²) in [6, 6.07) is 1.70. The fourth-order valence-corrected chi connectivity index (χ4v) is 2.03. The molecular weight excluding hydrogens is 204 g/mol. The number of nitrogens with zero attached hydrogens (tertiary/aromatic N) is 2. The van der Waals surface area contributed by atoms with Gasteiger partial charge in [0.15, 0.2) is 0 Å². The van der Waals surface area contributed by atoms with Crippen molar-refractivity contribution in [3.8, 4) is 0 Å². The third kappa shape index (κ3) is 2.24. The van der Waals surface area contributed by atoms with Crippen LogP contribution in [-0.2, 0) is 0 Å². The van der Waals surface area contributed by atoms with E-state index in [1.54, 1.807) is 6.92 Å². The zero-order chi connectivity index (χ0) is 11.7. The molecule has 0 amide bonds. The van der Waals surface area contributed by atoms with Crippen molar-refractivity contribution >= 4 is 5.82 Å². The maximum absolute atomic E-state index is 11.3. The van der Waals surface area contributed by atoms with E-state index in [1.165, 1.54) is 6.07 Å². The lowest BCUT2D eigenvalue weighted by atomic mass is 9.94. The highest BCUT2D eigenvalue weighted by Gasteiger charge is 2.24. The maximum atomic E-state index is 11.3. The van der Waals surface area contributed by atoms with Gasteiger partial charge in [0.05, 0.1) is 0 Å². The lowest BCUT2D eigenvalue weighted by Crippen LogP contribution is -2.48. The molecule has 1 aliphatic rings. The Morgan fingerprint density at radius 1 is 1.62 bits per heavy atom. The summed E-state index contributed by atoms with van der Waals surface area (Å²) in [7, 11) is 0. The molecule has 88 valence electrons. The van der Waals surface area contributed by atoms with Crippen LogP contribution in [0, 0.1) is 12.8 Å². The van der Waals surface area contributed by atoms with Crippen LogP contribution >= 0.6 is 0 Å². The summed E-state index contributed by atoms with van der Waals surface area (Å²) < 4.78 is 0. The Bertz CT molecular complexity index is 428. The average Bonchev–Trinajstić information content (AvgIpc) is 2.20. The maximum Gasteiger partial charge on any atom is 0.252 e. The monoisotopic (exact) mass is 222 g/mol. The minimum absolute atomic E-state index is 0.102. The predicted molar refractivity (Wildman–Crippen MR) is 63.6 cm³/mol. The van der Waals surface area contributed by atoms with E-state index >= 15 is 0 Å². The molecule has 0 aliphatic carbocycles. The summed E-state index contributed by atoms with van der Waals surface area (Å²) in [5, 5.41) is 0. The number of piperidine rings is 1. The first-order valence-electron chi connectivity index (χ1n) is 5.65. The Morgan fingerprint density at radius 3 is 3.00 bits per heavy atom. The van der Waals surface area contributed by atoms with E-state index in [0.717, 1.165) is 25.3 Å². The zero-order valence-corrected chi connectivity index (χ0v) is 9.73. The number of hydrogen-bond acceptors (Lipinski definition) is 4. The largest absolute Gasteiger partial charge is 0.355 e. The average molecular weight is 222 g/mol. The molecule has 0 saturated carbocycles. The van der Waals surface area contributed by atoms with Gasteiger partial charge in [-0.25, -0.2) is 4.98 Å². The second kappa shape index (κ2) is 4.25. The van der Waals surface area contributed by atoms with Gasteiger partial charge >= 0.3 is 0 Å². The molecule has 5 heteroatoms. The van der Waals surface area contributed by atoms with E-state index in [0.29, 0.717) is 11.7 Å². The van der Waals surface area contributed by atoms with Crippen LogP contribution in [-0.4, -0.2) is 29.1 Å². The first-order valence-corrected chi connectivity index (χ1v) is 5.65. The molecule has 1 saturated heterocycles. The van der Waals surface area contributed by atoms with Crippen molar-refractivity contribution in [2.75, 3.05) is 18.0 Å². The number of nitrogens with one attached hydrogen (secondary N) is 1. The highest BCUT2D eigenvalue weighted by molar-refractivity contribution is 5.38. The minimum Gasteiger partial charge on any atom is -0.355 e. The van der Waals surface area contributed by atoms with Crippen molar-refractivity contribution in [1.29, 1.82) is 0 Å². The van der Waals surface area contributed by atoms with Crippen molar-refractivity contribution in [3.63, 3.8) is 0 Å². The number of aromatic amines is 1. The molecular formula is C11H18N4O. The van der Waals surface area contributed by atoms with E-state index in [1.807, 2.05) is 0 Å². The van der Waals surface area contributed by atoms with E-state index in [9.17, 15) is 4.79 Å². The van der Waals surface area contributed by atoms with Crippen LogP contribution in [0.3, 0.4) is 0 Å². The van der Waals surface area contributed by atoms with Crippen LogP contribution in [0.1, 0.15) is 19.2 Å². The van der Waals surface area contributed by atoms with Gasteiger partial charge in [-0.3, -0.25) is 4.79 Å². The van der Waals surface area contributed by atoms with Crippen LogP contribution < -0.4 is 16.2 Å². The van der Waals surface area contributed by atoms with Gasteiger partial charge in [0.2, 0.25) is 0 Å². The molecule has 2 heterocycles. The predicted octanol–water partition coefficient (Wildman–Crippen LogP) is 0.252. The molecule has 5 nitrogen and oxygen atoms in total. The third-order valence-electron chi connectivity index (χ3n) is 3.19. The Balaban J connectivity index is 2.21. The Labute approximate surface area is 94.7 Å². The van der Waals surface area contributed by atoms with Gasteiger partial charge in [-0.05, 0) is 19.3 Å². The lowest BCUT2D eigenvalue weighted by molar-refractivity contribution is 0.377. The fraction of sp³-hybridized carbons (Fsp3) is 0.636. The third-order valence-corrected chi connectivity index (χ3v) is 3.19. The molecule has 2 atom stereocenters. The number of hydrogen-bond donors (Lipinski definition) is 2. The zero-order valence-electron chi connectivity index (χ0n) is 9.73. The Morgan fingerprint density at radius 2 is 2.38 bits per heavy atom. The summed E-state index contributed by atoms with van der Waals surface area (Å²) in [6.07, 6.45) is 1.05. The van der Waals surface area contributed by atoms with Crippen molar-refractivity contribution in [1.82, 2.24) is 9.97 Å². The number of H-pyrrole nitrogens is 1. The topological polar surface area (TPSA) is 75.0 Å². The first-order chi connectivity index (χ1) is 7.56. The molecule has 3 N–H and O–H groups in total. The number of aryl methyl sites for hydroxylation is 1. The number of rotatable bonds is 1. The first kappa shape index (κ1) is 11.1. The van der Waals surface area contributed by atoms with Gasteiger partial charge in [0.25, 0.3) is 5.56 Å². The van der Waals surface area contributed by atoms with Crippen LogP contribution in [0.2, 0.25) is 0 Å². The molecule has 0 aromatic carbocycles. The van der Waals surface area contributed by atoms with Crippen molar-refractivity contribution in [2.24, 2.45) is 11.7 Å². The van der Waals surface area contributed by atoms with Gasteiger partial charge in [-0.15, -0.1) is 0 Å². The van der Waals surface area contributed by atoms with Crippen molar-refractivity contribution in [3.05, 3.63) is 22.2 Å². The quantitative estimate of drug-likeness (QED) is 0.714. The highest BCUT2D eigenvalue weighted by Crippen LogP contribution is 2.19. The summed E-state index contributed by atoms with van der Waals surface area (Å²) >= 11 is 0. The molecule has 1 aliphatic heterocycles. The van der Waals surface area contributed by atoms with Gasteiger partial charge in [-0.2, -0.15) is 0 Å². The fourth-order valence-electron chi connectivity index (χ4n) is 2.03. The number of aromatic nitrogens is 2. The Kier molecular flexibility index (Phi) is 2.96. The van der Waals surface area contributed by atoms with Crippen LogP contribution in [0.5, 0.6) is 0 Å². The number of nitrogens with two attached hydrogens (primary N) is 1. The van der Waals surface area contributed by atoms with Crippen molar-refractivity contribution < 1.29 is 0 Å². The van der Waals surface area contributed by atoms with Gasteiger partial charge in [0, 0.05) is 25.2 Å². The lowest BCUT2D eigenvalue weighted by Gasteiger charge is -2.35. The molecule has 16 heavy (non-hydrogen) atoms. The SMILES string of the molecule is Cc1nc(N2CCC(C)C(N)C2)cc(=O)[nH]1. The van der Waals surface area contributed by atoms with Crippen LogP contribution in [0.15, 0.2) is 10.9 Å². The standard InChI is InChI=1S/C11H18N4O/c1-7-3-4-15(6-9(7)12)10-5-11(16)14-8(2)13-10/h5,7,9H,3-4,6,12H2,1-2H3,(H,13,14,16). The molecule has 0 spiro atoms. The molecule has 0 bridgehead atoms. The summed E-state index contributed by atoms with van der Waals surface area (Å²) in [5.74, 6) is 1.93. The Hall–Kier alpha value is -1.36.